The van der Waals surface area contributed by atoms with Gasteiger partial charge in [0.1, 0.15) is 0 Å². The Labute approximate surface area is 287 Å². The van der Waals surface area contributed by atoms with Crippen LogP contribution >= 0.6 is 0 Å². The molecule has 0 bridgehead atoms. The minimum atomic E-state index is 0.446. The molecule has 242 valence electrons. The third-order valence-electron chi connectivity index (χ3n) is 9.31. The molecule has 0 saturated heterocycles. The lowest BCUT2D eigenvalue weighted by Crippen LogP contribution is -1.99. The summed E-state index contributed by atoms with van der Waals surface area (Å²) >= 11 is 0. The van der Waals surface area contributed by atoms with Crippen LogP contribution in [-0.2, 0) is 19.3 Å². The van der Waals surface area contributed by atoms with Gasteiger partial charge in [-0.1, -0.05) is 129 Å². The molecule has 0 fully saturated rings. The number of aromatic nitrogens is 2. The normalized spacial score (nSPS) is 14.1. The van der Waals surface area contributed by atoms with E-state index < -0.39 is 0 Å². The molecule has 3 nitrogen and oxygen atoms in total. The molecule has 0 saturated carbocycles. The zero-order valence-corrected chi connectivity index (χ0v) is 28.1. The van der Waals surface area contributed by atoms with Gasteiger partial charge in [-0.25, -0.2) is 0 Å². The number of aryl methyl sites for hydroxylation is 3. The topological polar surface area (TPSA) is 38.1 Å². The minimum absolute atomic E-state index is 0.446. The lowest BCUT2D eigenvalue weighted by atomic mass is 9.95. The van der Waals surface area contributed by atoms with E-state index in [9.17, 15) is 0 Å². The van der Waals surface area contributed by atoms with Gasteiger partial charge in [0.2, 0.25) is 0 Å². The van der Waals surface area contributed by atoms with Crippen molar-refractivity contribution in [1.82, 2.24) is 9.97 Å². The summed E-state index contributed by atoms with van der Waals surface area (Å²) in [4.78, 5) is 14.2. The van der Waals surface area contributed by atoms with Crippen LogP contribution in [0.15, 0.2) is 151 Å². The number of hydrogen-bond acceptors (Lipinski definition) is 3. The first-order chi connectivity index (χ1) is 23.8. The fraction of sp³-hybridized carbons (Fsp3) is 0.267. The van der Waals surface area contributed by atoms with E-state index >= 15 is 0 Å². The van der Waals surface area contributed by atoms with E-state index in [1.165, 1.54) is 78.3 Å². The van der Waals surface area contributed by atoms with Crippen LogP contribution in [0.4, 0.5) is 0 Å². The Balaban J connectivity index is 0.970. The molecule has 2 aromatic heterocycles. The molecule has 1 unspecified atom stereocenters. The van der Waals surface area contributed by atoms with Crippen molar-refractivity contribution in [2.45, 2.75) is 70.6 Å². The largest absolute Gasteiger partial charge is 0.257 e. The minimum Gasteiger partial charge on any atom is -0.257 e. The Kier molecular flexibility index (Phi) is 12.3. The number of hydrogen-bond donors (Lipinski definition) is 0. The Morgan fingerprint density at radius 1 is 0.500 bits per heavy atom. The van der Waals surface area contributed by atoms with Crippen LogP contribution in [0.3, 0.4) is 0 Å². The third kappa shape index (κ3) is 9.81. The number of nitrogens with zero attached hydrogens (tertiary/aromatic N) is 3. The summed E-state index contributed by atoms with van der Waals surface area (Å²) in [6, 6.07) is 38.3. The van der Waals surface area contributed by atoms with Crippen LogP contribution in [0.2, 0.25) is 0 Å². The van der Waals surface area contributed by atoms with Crippen LogP contribution in [0.25, 0.3) is 22.5 Å². The highest BCUT2D eigenvalue weighted by Crippen LogP contribution is 2.24. The molecule has 0 spiro atoms. The first-order valence-electron chi connectivity index (χ1n) is 17.8. The second-order valence-electron chi connectivity index (χ2n) is 12.9. The molecule has 1 aliphatic rings. The van der Waals surface area contributed by atoms with Crippen LogP contribution in [0, 0.1) is 5.92 Å². The van der Waals surface area contributed by atoms with Gasteiger partial charge in [-0.3, -0.25) is 15.0 Å². The number of unbranched alkanes of at least 4 members (excludes halogenated alkanes) is 5. The lowest BCUT2D eigenvalue weighted by Gasteiger charge is -2.13. The number of benzene rings is 3. The van der Waals surface area contributed by atoms with Crippen molar-refractivity contribution in [3.05, 3.63) is 168 Å². The number of pyridine rings is 2. The van der Waals surface area contributed by atoms with Crippen molar-refractivity contribution in [2.75, 3.05) is 0 Å². The van der Waals surface area contributed by atoms with Gasteiger partial charge < -0.3 is 0 Å². The van der Waals surface area contributed by atoms with Crippen LogP contribution < -0.4 is 0 Å². The molecule has 0 radical (unpaired) electrons. The average molecular weight is 630 g/mol. The highest BCUT2D eigenvalue weighted by atomic mass is 14.7. The van der Waals surface area contributed by atoms with E-state index in [0.717, 1.165) is 42.8 Å². The van der Waals surface area contributed by atoms with Crippen molar-refractivity contribution >= 4 is 5.71 Å². The molecule has 3 heterocycles. The summed E-state index contributed by atoms with van der Waals surface area (Å²) in [7, 11) is 0. The molecular weight excluding hydrogens is 583 g/mol. The zero-order valence-electron chi connectivity index (χ0n) is 28.1. The van der Waals surface area contributed by atoms with Crippen molar-refractivity contribution < 1.29 is 0 Å². The highest BCUT2D eigenvalue weighted by molar-refractivity contribution is 6.09. The van der Waals surface area contributed by atoms with Gasteiger partial charge in [-0.2, -0.15) is 0 Å². The third-order valence-corrected chi connectivity index (χ3v) is 9.31. The van der Waals surface area contributed by atoms with Crippen molar-refractivity contribution in [2.24, 2.45) is 10.9 Å². The second kappa shape index (κ2) is 17.9. The smallest absolute Gasteiger partial charge is 0.0704 e. The molecule has 5 aromatic rings. The fourth-order valence-corrected chi connectivity index (χ4v) is 6.54. The first kappa shape index (κ1) is 33.0. The zero-order chi connectivity index (χ0) is 32.6. The number of aliphatic imine (C=N–C) groups is 1. The predicted octanol–water partition coefficient (Wildman–Crippen LogP) is 11.4. The van der Waals surface area contributed by atoms with Crippen LogP contribution in [-0.4, -0.2) is 15.7 Å². The average Bonchev–Trinajstić information content (AvgIpc) is 3.40. The molecule has 1 aliphatic heterocycles. The van der Waals surface area contributed by atoms with E-state index in [0.29, 0.717) is 5.92 Å². The molecule has 0 aliphatic carbocycles. The predicted molar refractivity (Wildman–Crippen MR) is 202 cm³/mol. The van der Waals surface area contributed by atoms with Gasteiger partial charge >= 0.3 is 0 Å². The summed E-state index contributed by atoms with van der Waals surface area (Å²) in [6.45, 7) is 0. The van der Waals surface area contributed by atoms with Gasteiger partial charge in [0, 0.05) is 35.3 Å². The van der Waals surface area contributed by atoms with Crippen LogP contribution in [0.1, 0.15) is 73.6 Å². The standard InChI is InChI=1S/C45H47N3/c1(7-18-37-30-32-47-44(33-37)39-21-12-5-13-22-39)2-9-25-41-34-45(40-23-14-6-15-24-40)48-35-42(41)26-16-3-8-17-36-27-28-43(46-31-29-36)38-19-10-4-11-20-38/h4-6,10-15,19-24,27-36H,1-3,7-9,16-18,25-26H2. The molecule has 0 N–H and O–H groups in total. The van der Waals surface area contributed by atoms with Gasteiger partial charge in [-0.05, 0) is 91.8 Å². The maximum atomic E-state index is 4.91. The lowest BCUT2D eigenvalue weighted by molar-refractivity contribution is 0.592. The van der Waals surface area contributed by atoms with Crippen molar-refractivity contribution in [3.63, 3.8) is 0 Å². The molecule has 48 heavy (non-hydrogen) atoms. The molecule has 1 atom stereocenters. The summed E-state index contributed by atoms with van der Waals surface area (Å²) in [5.74, 6) is 0.446. The van der Waals surface area contributed by atoms with Crippen LogP contribution in [0.5, 0.6) is 0 Å². The van der Waals surface area contributed by atoms with E-state index in [-0.39, 0.29) is 0 Å². The Morgan fingerprint density at radius 3 is 1.81 bits per heavy atom. The van der Waals surface area contributed by atoms with E-state index in [4.69, 9.17) is 4.98 Å². The number of rotatable bonds is 16. The first-order valence-corrected chi connectivity index (χ1v) is 17.8. The maximum absolute atomic E-state index is 4.91. The summed E-state index contributed by atoms with van der Waals surface area (Å²) in [6.07, 6.45) is 25.9. The Hall–Kier alpha value is -4.89. The van der Waals surface area contributed by atoms with Gasteiger partial charge in [0.15, 0.2) is 0 Å². The highest BCUT2D eigenvalue weighted by Gasteiger charge is 2.10. The summed E-state index contributed by atoms with van der Waals surface area (Å²) < 4.78 is 0. The molecule has 0 amide bonds. The van der Waals surface area contributed by atoms with Gasteiger partial charge in [0.25, 0.3) is 0 Å². The Bertz CT molecular complexity index is 1790. The Morgan fingerprint density at radius 2 is 1.10 bits per heavy atom. The van der Waals surface area contributed by atoms with Crippen molar-refractivity contribution in [1.29, 1.82) is 0 Å². The summed E-state index contributed by atoms with van der Waals surface area (Å²) in [5, 5.41) is 0. The van der Waals surface area contributed by atoms with E-state index in [2.05, 4.69) is 138 Å². The molecular formula is C45H47N3. The molecule has 3 aromatic carbocycles. The maximum Gasteiger partial charge on any atom is 0.0704 e. The van der Waals surface area contributed by atoms with E-state index in [1.807, 2.05) is 18.5 Å². The van der Waals surface area contributed by atoms with Crippen molar-refractivity contribution in [3.8, 4) is 22.5 Å². The molecule has 6 rings (SSSR count). The van der Waals surface area contributed by atoms with Gasteiger partial charge in [-0.15, -0.1) is 0 Å². The monoisotopic (exact) mass is 629 g/mol. The fourth-order valence-electron chi connectivity index (χ4n) is 6.54. The van der Waals surface area contributed by atoms with E-state index in [1.54, 1.807) is 0 Å². The van der Waals surface area contributed by atoms with Gasteiger partial charge in [0.05, 0.1) is 17.1 Å². The SMILES string of the molecule is C1=CC(CCCCCc2cnc(-c3ccccc3)cc2CCCCCCc2ccnc(-c3ccccc3)c2)C=CC(c2ccccc2)=N1. The quantitative estimate of drug-likeness (QED) is 0.102. The summed E-state index contributed by atoms with van der Waals surface area (Å²) in [5.41, 5.74) is 11.0. The second-order valence-corrected chi connectivity index (χ2v) is 12.9. The number of allylic oxidation sites excluding steroid dienone is 3. The molecule has 3 heteroatoms.